The number of likely N-dealkylation sites (tertiary alicyclic amines) is 1. The van der Waals surface area contributed by atoms with Crippen LogP contribution in [0.5, 0.6) is 0 Å². The van der Waals surface area contributed by atoms with Gasteiger partial charge in [-0.1, -0.05) is 18.6 Å². The highest BCUT2D eigenvalue weighted by Gasteiger charge is 2.41. The van der Waals surface area contributed by atoms with Gasteiger partial charge in [-0.3, -0.25) is 4.79 Å². The number of nitriles is 1. The number of Topliss-reactive ketones (excluding diaryl/α,β-unsaturated/α-hetero) is 1. The lowest BCUT2D eigenvalue weighted by molar-refractivity contribution is -0.114. The molecule has 1 heterocycles. The number of benzene rings is 1. The molecule has 0 bridgehead atoms. The van der Waals surface area contributed by atoms with Gasteiger partial charge < -0.3 is 10.0 Å². The van der Waals surface area contributed by atoms with Crippen LogP contribution < -0.4 is 0 Å². The zero-order chi connectivity index (χ0) is 17.6. The zero-order valence-electron chi connectivity index (χ0n) is 14.7. The number of allylic oxidation sites excluding steroid dienone is 1. The molecule has 4 rings (SSSR count). The number of carbonyl (C=O) groups is 1. The van der Waals surface area contributed by atoms with Crippen LogP contribution in [0.4, 0.5) is 0 Å². The van der Waals surface area contributed by atoms with Crippen LogP contribution in [0.15, 0.2) is 23.8 Å². The Labute approximate surface area is 148 Å². The number of piperidine rings is 1. The predicted octanol–water partition coefficient (Wildman–Crippen LogP) is 3.37. The second kappa shape index (κ2) is 6.00. The van der Waals surface area contributed by atoms with Gasteiger partial charge in [0.15, 0.2) is 5.78 Å². The molecule has 1 atom stereocenters. The number of aliphatic hydroxyl groups excluding tert-OH is 1. The van der Waals surface area contributed by atoms with Gasteiger partial charge in [0.1, 0.15) is 11.6 Å². The predicted molar refractivity (Wildman–Crippen MR) is 95.4 cm³/mol. The minimum absolute atomic E-state index is 0.0845. The van der Waals surface area contributed by atoms with Crippen LogP contribution in [0.25, 0.3) is 5.70 Å². The molecule has 0 amide bonds. The minimum atomic E-state index is -0.561. The molecule has 4 nitrogen and oxygen atoms in total. The topological polar surface area (TPSA) is 64.3 Å². The Kier molecular flexibility index (Phi) is 3.92. The van der Waals surface area contributed by atoms with Gasteiger partial charge in [-0.15, -0.1) is 0 Å². The molecule has 3 aliphatic rings. The molecule has 25 heavy (non-hydrogen) atoms. The van der Waals surface area contributed by atoms with Crippen molar-refractivity contribution in [1.29, 1.82) is 5.26 Å². The van der Waals surface area contributed by atoms with Crippen LogP contribution in [0.1, 0.15) is 61.8 Å². The maximum Gasteiger partial charge on any atom is 0.179 e. The molecule has 130 valence electrons. The van der Waals surface area contributed by atoms with Crippen LogP contribution in [0.3, 0.4) is 0 Å². The van der Waals surface area contributed by atoms with E-state index in [1.165, 1.54) is 19.3 Å². The van der Waals surface area contributed by atoms with E-state index in [0.29, 0.717) is 11.0 Å². The first-order valence-electron chi connectivity index (χ1n) is 9.27. The second-order valence-corrected chi connectivity index (χ2v) is 7.87. The number of aliphatic hydroxyl groups is 1. The smallest absolute Gasteiger partial charge is 0.179 e. The lowest BCUT2D eigenvalue weighted by Gasteiger charge is -2.49. The van der Waals surface area contributed by atoms with Gasteiger partial charge >= 0.3 is 0 Å². The van der Waals surface area contributed by atoms with Gasteiger partial charge in [-0.2, -0.15) is 5.26 Å². The van der Waals surface area contributed by atoms with Crippen molar-refractivity contribution < 1.29 is 9.90 Å². The Morgan fingerprint density at radius 2 is 1.96 bits per heavy atom. The van der Waals surface area contributed by atoms with E-state index >= 15 is 0 Å². The van der Waals surface area contributed by atoms with E-state index in [-0.39, 0.29) is 12.2 Å². The van der Waals surface area contributed by atoms with Crippen LogP contribution in [0, 0.1) is 16.7 Å². The number of rotatable bonds is 2. The fourth-order valence-electron chi connectivity index (χ4n) is 4.58. The highest BCUT2D eigenvalue weighted by atomic mass is 16.3. The monoisotopic (exact) mass is 336 g/mol. The van der Waals surface area contributed by atoms with Crippen LogP contribution >= 0.6 is 0 Å². The third kappa shape index (κ3) is 2.67. The van der Waals surface area contributed by atoms with Gasteiger partial charge in [0, 0.05) is 25.1 Å². The van der Waals surface area contributed by atoms with E-state index in [1.807, 2.05) is 18.2 Å². The largest absolute Gasteiger partial charge is 0.389 e. The Hall–Kier alpha value is -2.12. The molecule has 0 radical (unpaired) electrons. The third-order valence-electron chi connectivity index (χ3n) is 6.40. The van der Waals surface area contributed by atoms with Gasteiger partial charge in [0.25, 0.3) is 0 Å². The highest BCUT2D eigenvalue weighted by Crippen LogP contribution is 2.50. The number of hydrogen-bond acceptors (Lipinski definition) is 4. The molecule has 1 aliphatic heterocycles. The fourth-order valence-corrected chi connectivity index (χ4v) is 4.58. The highest BCUT2D eigenvalue weighted by molar-refractivity contribution is 6.09. The molecular weight excluding hydrogens is 312 g/mol. The Bertz CT molecular complexity index is 787. The molecule has 1 spiro atoms. The molecule has 1 saturated carbocycles. The lowest BCUT2D eigenvalue weighted by atomic mass is 9.63. The summed E-state index contributed by atoms with van der Waals surface area (Å²) in [6, 6.07) is 7.94. The summed E-state index contributed by atoms with van der Waals surface area (Å²) >= 11 is 0. The summed E-state index contributed by atoms with van der Waals surface area (Å²) in [5, 5.41) is 19.6. The first kappa shape index (κ1) is 16.4. The first-order valence-corrected chi connectivity index (χ1v) is 9.27. The van der Waals surface area contributed by atoms with Gasteiger partial charge in [0.2, 0.25) is 0 Å². The number of ketones is 1. The average Bonchev–Trinajstić information content (AvgIpc) is 2.59. The minimum Gasteiger partial charge on any atom is -0.389 e. The molecule has 0 aromatic heterocycles. The van der Waals surface area contributed by atoms with Crippen molar-refractivity contribution in [2.45, 2.75) is 51.6 Å². The Morgan fingerprint density at radius 1 is 1.24 bits per heavy atom. The molecule has 2 fully saturated rings. The van der Waals surface area contributed by atoms with Crippen molar-refractivity contribution in [3.05, 3.63) is 40.5 Å². The van der Waals surface area contributed by atoms with Crippen LogP contribution in [0.2, 0.25) is 0 Å². The molecular formula is C21H24N2O2. The summed E-state index contributed by atoms with van der Waals surface area (Å²) in [7, 11) is 0. The normalized spacial score (nSPS) is 23.1. The molecule has 4 heteroatoms. The van der Waals surface area contributed by atoms with Crippen molar-refractivity contribution in [2.75, 3.05) is 13.1 Å². The summed E-state index contributed by atoms with van der Waals surface area (Å²) in [6.45, 7) is 3.56. The Morgan fingerprint density at radius 3 is 2.52 bits per heavy atom. The van der Waals surface area contributed by atoms with Crippen LogP contribution in [-0.4, -0.2) is 28.9 Å². The van der Waals surface area contributed by atoms with E-state index in [0.717, 1.165) is 48.3 Å². The maximum absolute atomic E-state index is 12.5. The summed E-state index contributed by atoms with van der Waals surface area (Å²) in [5.74, 6) is -0.0845. The number of hydrogen-bond donors (Lipinski definition) is 1. The van der Waals surface area contributed by atoms with E-state index in [2.05, 4.69) is 11.0 Å². The van der Waals surface area contributed by atoms with Crippen molar-refractivity contribution >= 4 is 11.5 Å². The summed E-state index contributed by atoms with van der Waals surface area (Å²) in [5.41, 5.74) is 4.36. The number of carbonyl (C=O) groups excluding carboxylic acids is 1. The molecule has 1 N–H and O–H groups in total. The molecule has 1 aromatic rings. The van der Waals surface area contributed by atoms with E-state index < -0.39 is 6.10 Å². The third-order valence-corrected chi connectivity index (χ3v) is 6.40. The van der Waals surface area contributed by atoms with Crippen molar-refractivity contribution in [3.63, 3.8) is 0 Å². The Balaban J connectivity index is 1.74. The summed E-state index contributed by atoms with van der Waals surface area (Å²) < 4.78 is 0. The van der Waals surface area contributed by atoms with Crippen LogP contribution in [-0.2, 0) is 11.2 Å². The summed E-state index contributed by atoms with van der Waals surface area (Å²) in [4.78, 5) is 14.7. The van der Waals surface area contributed by atoms with E-state index in [4.69, 9.17) is 0 Å². The van der Waals surface area contributed by atoms with E-state index in [1.54, 1.807) is 6.92 Å². The standard InChI is InChI=1S/C21H24N2O2/c1-14(24)15-3-4-16-12-19(25)18(13-22)20(17(16)11-15)23-9-7-21(8-10-23)5-2-6-21/h3-4,11,14,24H,2,5-10,12H2,1H3. The number of fused-ring (bicyclic) bond motifs is 1. The number of nitrogens with zero attached hydrogens (tertiary/aromatic N) is 2. The fraction of sp³-hybridized carbons (Fsp3) is 0.524. The quantitative estimate of drug-likeness (QED) is 0.899. The van der Waals surface area contributed by atoms with Crippen molar-refractivity contribution in [1.82, 2.24) is 4.90 Å². The van der Waals surface area contributed by atoms with Crippen molar-refractivity contribution in [3.8, 4) is 6.07 Å². The SMILES string of the molecule is CC(O)c1ccc2c(c1)C(N1CCC3(CCC3)CC1)=C(C#N)C(=O)C2. The lowest BCUT2D eigenvalue weighted by Crippen LogP contribution is -2.43. The molecule has 1 unspecified atom stereocenters. The van der Waals surface area contributed by atoms with Gasteiger partial charge in [0.05, 0.1) is 11.8 Å². The van der Waals surface area contributed by atoms with Gasteiger partial charge in [-0.25, -0.2) is 0 Å². The van der Waals surface area contributed by atoms with E-state index in [9.17, 15) is 15.2 Å². The molecule has 1 aromatic carbocycles. The first-order chi connectivity index (χ1) is 12.0. The van der Waals surface area contributed by atoms with Crippen molar-refractivity contribution in [2.24, 2.45) is 5.41 Å². The van der Waals surface area contributed by atoms with Gasteiger partial charge in [-0.05, 0) is 55.2 Å². The maximum atomic E-state index is 12.5. The zero-order valence-corrected chi connectivity index (χ0v) is 14.7. The molecule has 2 aliphatic carbocycles. The average molecular weight is 336 g/mol. The summed E-state index contributed by atoms with van der Waals surface area (Å²) in [6.07, 6.45) is 6.00. The molecule has 1 saturated heterocycles. The second-order valence-electron chi connectivity index (χ2n) is 7.87.